The summed E-state index contributed by atoms with van der Waals surface area (Å²) < 4.78 is 5.84. The van der Waals surface area contributed by atoms with Crippen molar-refractivity contribution in [2.75, 3.05) is 0 Å². The minimum Gasteiger partial charge on any atom is -0.456 e. The van der Waals surface area contributed by atoms with E-state index in [2.05, 4.69) is 4.98 Å². The Morgan fingerprint density at radius 2 is 2.00 bits per heavy atom. The van der Waals surface area contributed by atoms with Crippen LogP contribution in [0.5, 0.6) is 11.5 Å². The molecule has 0 aliphatic rings. The summed E-state index contributed by atoms with van der Waals surface area (Å²) in [5, 5.41) is 1.62. The zero-order chi connectivity index (χ0) is 14.8. The lowest BCUT2D eigenvalue weighted by molar-refractivity contribution is 0.483. The van der Waals surface area contributed by atoms with Crippen LogP contribution in [0.3, 0.4) is 0 Å². The lowest BCUT2D eigenvalue weighted by Gasteiger charge is -2.11. The Kier molecular flexibility index (Phi) is 3.78. The topological polar surface area (TPSA) is 48.1 Å². The maximum absolute atomic E-state index is 6.25. The summed E-state index contributed by atoms with van der Waals surface area (Å²) in [6.07, 6.45) is 1.76. The van der Waals surface area contributed by atoms with Gasteiger partial charge in [-0.2, -0.15) is 0 Å². The van der Waals surface area contributed by atoms with E-state index in [9.17, 15) is 0 Å². The molecule has 3 aromatic rings. The van der Waals surface area contributed by atoms with E-state index >= 15 is 0 Å². The summed E-state index contributed by atoms with van der Waals surface area (Å²) in [7, 11) is 0. The number of nitrogens with two attached hydrogens (primary N) is 1. The molecule has 4 heteroatoms. The van der Waals surface area contributed by atoms with Crippen LogP contribution in [0, 0.1) is 0 Å². The van der Waals surface area contributed by atoms with Crippen molar-refractivity contribution in [1.82, 2.24) is 4.98 Å². The monoisotopic (exact) mass is 298 g/mol. The summed E-state index contributed by atoms with van der Waals surface area (Å²) in [5.74, 6) is 1.31. The zero-order valence-corrected chi connectivity index (χ0v) is 12.3. The number of hydrogen-bond acceptors (Lipinski definition) is 3. The van der Waals surface area contributed by atoms with Gasteiger partial charge in [0.2, 0.25) is 0 Å². The van der Waals surface area contributed by atoms with Crippen molar-refractivity contribution in [3.05, 3.63) is 65.3 Å². The van der Waals surface area contributed by atoms with Crippen molar-refractivity contribution < 1.29 is 4.74 Å². The van der Waals surface area contributed by atoms with Gasteiger partial charge < -0.3 is 10.5 Å². The van der Waals surface area contributed by atoms with Gasteiger partial charge in [0.1, 0.15) is 11.5 Å². The van der Waals surface area contributed by atoms with Crippen molar-refractivity contribution >= 4 is 22.5 Å². The van der Waals surface area contributed by atoms with Crippen LogP contribution in [-0.4, -0.2) is 4.98 Å². The Bertz CT molecular complexity index is 787. The Balaban J connectivity index is 1.91. The van der Waals surface area contributed by atoms with Crippen molar-refractivity contribution in [1.29, 1.82) is 0 Å². The molecule has 1 atom stereocenters. The molecule has 0 radical (unpaired) electrons. The molecule has 0 aliphatic heterocycles. The van der Waals surface area contributed by atoms with Crippen LogP contribution in [-0.2, 0) is 0 Å². The third kappa shape index (κ3) is 2.99. The number of rotatable bonds is 3. The van der Waals surface area contributed by atoms with Crippen LogP contribution in [0.2, 0.25) is 5.02 Å². The number of pyridine rings is 1. The first-order valence-corrected chi connectivity index (χ1v) is 7.09. The van der Waals surface area contributed by atoms with Crippen molar-refractivity contribution in [2.24, 2.45) is 5.73 Å². The summed E-state index contributed by atoms with van der Waals surface area (Å²) in [5.41, 5.74) is 7.71. The molecular formula is C17H15ClN2O. The summed E-state index contributed by atoms with van der Waals surface area (Å²) in [6, 6.07) is 15.2. The van der Waals surface area contributed by atoms with Crippen molar-refractivity contribution in [3.8, 4) is 11.5 Å². The molecule has 0 spiro atoms. The average Bonchev–Trinajstić information content (AvgIpc) is 2.49. The second-order valence-electron chi connectivity index (χ2n) is 4.94. The maximum atomic E-state index is 6.25. The molecular weight excluding hydrogens is 284 g/mol. The highest BCUT2D eigenvalue weighted by atomic mass is 35.5. The van der Waals surface area contributed by atoms with E-state index in [0.29, 0.717) is 16.5 Å². The molecule has 3 nitrogen and oxygen atoms in total. The highest BCUT2D eigenvalue weighted by molar-refractivity contribution is 6.32. The fourth-order valence-electron chi connectivity index (χ4n) is 2.12. The van der Waals surface area contributed by atoms with Crippen LogP contribution >= 0.6 is 11.6 Å². The third-order valence-corrected chi connectivity index (χ3v) is 3.58. The fraction of sp³-hybridized carbons (Fsp3) is 0.118. The zero-order valence-electron chi connectivity index (χ0n) is 11.6. The van der Waals surface area contributed by atoms with Gasteiger partial charge in [-0.1, -0.05) is 23.7 Å². The largest absolute Gasteiger partial charge is 0.456 e. The standard InChI is InChI=1S/C17H15ClN2O/c1-11(19)13-5-7-17(15(18)9-13)21-14-6-4-12-3-2-8-20-16(12)10-14/h2-11H,19H2,1H3/t11-/m0/s1. The van der Waals surface area contributed by atoms with Gasteiger partial charge in [-0.15, -0.1) is 0 Å². The Morgan fingerprint density at radius 3 is 2.76 bits per heavy atom. The first kappa shape index (κ1) is 13.9. The number of benzene rings is 2. The number of fused-ring (bicyclic) bond motifs is 1. The van der Waals surface area contributed by atoms with Crippen molar-refractivity contribution in [3.63, 3.8) is 0 Å². The van der Waals surface area contributed by atoms with Crippen LogP contribution < -0.4 is 10.5 Å². The number of halogens is 1. The van der Waals surface area contributed by atoms with E-state index in [1.54, 1.807) is 6.20 Å². The van der Waals surface area contributed by atoms with Crippen LogP contribution in [0.25, 0.3) is 10.9 Å². The van der Waals surface area contributed by atoms with E-state index in [1.165, 1.54) is 0 Å². The predicted octanol–water partition coefficient (Wildman–Crippen LogP) is 4.70. The molecule has 0 amide bonds. The fourth-order valence-corrected chi connectivity index (χ4v) is 2.35. The average molecular weight is 299 g/mol. The molecule has 106 valence electrons. The molecule has 0 bridgehead atoms. The molecule has 0 unspecified atom stereocenters. The lowest BCUT2D eigenvalue weighted by atomic mass is 10.1. The molecule has 2 N–H and O–H groups in total. The van der Waals surface area contributed by atoms with Gasteiger partial charge >= 0.3 is 0 Å². The molecule has 1 heterocycles. The smallest absolute Gasteiger partial charge is 0.146 e. The van der Waals surface area contributed by atoms with Gasteiger partial charge in [0.05, 0.1) is 10.5 Å². The van der Waals surface area contributed by atoms with Gasteiger partial charge in [0.25, 0.3) is 0 Å². The first-order chi connectivity index (χ1) is 10.1. The van der Waals surface area contributed by atoms with Crippen molar-refractivity contribution in [2.45, 2.75) is 13.0 Å². The Labute approximate surface area is 128 Å². The minimum atomic E-state index is -0.0542. The third-order valence-electron chi connectivity index (χ3n) is 3.29. The second-order valence-corrected chi connectivity index (χ2v) is 5.35. The highest BCUT2D eigenvalue weighted by Crippen LogP contribution is 2.32. The summed E-state index contributed by atoms with van der Waals surface area (Å²) in [6.45, 7) is 1.92. The van der Waals surface area contributed by atoms with Crippen LogP contribution in [0.4, 0.5) is 0 Å². The SMILES string of the molecule is C[C@H](N)c1ccc(Oc2ccc3cccnc3c2)c(Cl)c1. The highest BCUT2D eigenvalue weighted by Gasteiger charge is 2.07. The number of hydrogen-bond donors (Lipinski definition) is 1. The van der Waals surface area contributed by atoms with Crippen LogP contribution in [0.1, 0.15) is 18.5 Å². The molecule has 0 saturated carbocycles. The molecule has 21 heavy (non-hydrogen) atoms. The second kappa shape index (κ2) is 5.72. The van der Waals surface area contributed by atoms with E-state index in [0.717, 1.165) is 16.5 Å². The molecule has 0 saturated heterocycles. The molecule has 0 fully saturated rings. The van der Waals surface area contributed by atoms with E-state index in [1.807, 2.05) is 55.5 Å². The normalized spacial score (nSPS) is 12.3. The van der Waals surface area contributed by atoms with E-state index in [4.69, 9.17) is 22.1 Å². The van der Waals surface area contributed by atoms with Gasteiger partial charge in [-0.25, -0.2) is 0 Å². The summed E-state index contributed by atoms with van der Waals surface area (Å²) in [4.78, 5) is 4.31. The lowest BCUT2D eigenvalue weighted by Crippen LogP contribution is -2.04. The maximum Gasteiger partial charge on any atom is 0.146 e. The predicted molar refractivity (Wildman–Crippen MR) is 85.9 cm³/mol. The number of nitrogens with zero attached hydrogens (tertiary/aromatic N) is 1. The number of ether oxygens (including phenoxy) is 1. The molecule has 1 aromatic heterocycles. The quantitative estimate of drug-likeness (QED) is 0.762. The van der Waals surface area contributed by atoms with Crippen LogP contribution in [0.15, 0.2) is 54.7 Å². The first-order valence-electron chi connectivity index (χ1n) is 6.71. The Hall–Kier alpha value is -2.10. The van der Waals surface area contributed by atoms with E-state index < -0.39 is 0 Å². The molecule has 0 aliphatic carbocycles. The van der Waals surface area contributed by atoms with E-state index in [-0.39, 0.29) is 6.04 Å². The van der Waals surface area contributed by atoms with Gasteiger partial charge in [0, 0.05) is 23.7 Å². The summed E-state index contributed by atoms with van der Waals surface area (Å²) >= 11 is 6.25. The van der Waals surface area contributed by atoms with Gasteiger partial charge in [-0.05, 0) is 42.8 Å². The number of aromatic nitrogens is 1. The Morgan fingerprint density at radius 1 is 1.14 bits per heavy atom. The van der Waals surface area contributed by atoms with Gasteiger partial charge in [0.15, 0.2) is 0 Å². The van der Waals surface area contributed by atoms with Gasteiger partial charge in [-0.3, -0.25) is 4.98 Å². The minimum absolute atomic E-state index is 0.0542. The molecule has 3 rings (SSSR count). The molecule has 2 aromatic carbocycles.